The van der Waals surface area contributed by atoms with Gasteiger partial charge in [0.1, 0.15) is 17.7 Å². The number of hydrogen-bond donors (Lipinski definition) is 2. The van der Waals surface area contributed by atoms with Gasteiger partial charge in [0, 0.05) is 23.9 Å². The largest absolute Gasteiger partial charge is 0.494 e. The van der Waals surface area contributed by atoms with Gasteiger partial charge in [-0.25, -0.2) is 4.39 Å². The lowest BCUT2D eigenvalue weighted by atomic mass is 10.1. The molecule has 0 saturated carbocycles. The van der Waals surface area contributed by atoms with Crippen LogP contribution in [-0.2, 0) is 9.53 Å². The average Bonchev–Trinajstić information content (AvgIpc) is 3.18. The summed E-state index contributed by atoms with van der Waals surface area (Å²) >= 11 is 0. The molecule has 0 spiro atoms. The van der Waals surface area contributed by atoms with Gasteiger partial charge in [0.05, 0.1) is 12.8 Å². The van der Waals surface area contributed by atoms with Gasteiger partial charge in [-0.2, -0.15) is 0 Å². The number of rotatable bonds is 5. The summed E-state index contributed by atoms with van der Waals surface area (Å²) in [5.74, 6) is -0.858. The Bertz CT molecular complexity index is 819. The molecular weight excluding hydrogens is 339 g/mol. The fourth-order valence-electron chi connectivity index (χ4n) is 2.71. The summed E-state index contributed by atoms with van der Waals surface area (Å²) in [6.45, 7) is 0.583. The lowest BCUT2D eigenvalue weighted by Crippen LogP contribution is -2.27. The Labute approximate surface area is 150 Å². The van der Waals surface area contributed by atoms with Crippen molar-refractivity contribution in [1.29, 1.82) is 0 Å². The van der Waals surface area contributed by atoms with Gasteiger partial charge in [-0.1, -0.05) is 6.07 Å². The Kier molecular flexibility index (Phi) is 5.48. The van der Waals surface area contributed by atoms with Crippen LogP contribution in [0.2, 0.25) is 0 Å². The normalized spacial score (nSPS) is 16.2. The molecule has 26 heavy (non-hydrogen) atoms. The predicted molar refractivity (Wildman–Crippen MR) is 95.0 cm³/mol. The molecule has 2 N–H and O–H groups in total. The number of anilines is 2. The zero-order valence-electron chi connectivity index (χ0n) is 14.3. The van der Waals surface area contributed by atoms with E-state index >= 15 is 0 Å². The molecule has 0 aromatic heterocycles. The van der Waals surface area contributed by atoms with Crippen LogP contribution < -0.4 is 15.4 Å². The van der Waals surface area contributed by atoms with Crippen molar-refractivity contribution in [2.24, 2.45) is 0 Å². The average molecular weight is 358 g/mol. The summed E-state index contributed by atoms with van der Waals surface area (Å²) < 4.78 is 23.7. The minimum absolute atomic E-state index is 0.222. The Morgan fingerprint density at radius 2 is 2.04 bits per heavy atom. The van der Waals surface area contributed by atoms with Crippen molar-refractivity contribution in [2.75, 3.05) is 24.4 Å². The summed E-state index contributed by atoms with van der Waals surface area (Å²) in [5.41, 5.74) is 1.21. The van der Waals surface area contributed by atoms with E-state index in [4.69, 9.17) is 9.47 Å². The van der Waals surface area contributed by atoms with E-state index in [0.29, 0.717) is 30.0 Å². The first-order chi connectivity index (χ1) is 12.6. The fraction of sp³-hybridized carbons (Fsp3) is 0.263. The first-order valence-corrected chi connectivity index (χ1v) is 8.24. The summed E-state index contributed by atoms with van der Waals surface area (Å²) in [5, 5.41) is 5.43. The van der Waals surface area contributed by atoms with E-state index in [1.165, 1.54) is 25.3 Å². The number of nitrogens with one attached hydrogen (secondary N) is 2. The fourth-order valence-corrected chi connectivity index (χ4v) is 2.71. The predicted octanol–water partition coefficient (Wildman–Crippen LogP) is 3.20. The molecule has 2 amide bonds. The van der Waals surface area contributed by atoms with Gasteiger partial charge in [0.15, 0.2) is 0 Å². The summed E-state index contributed by atoms with van der Waals surface area (Å²) in [7, 11) is 1.39. The lowest BCUT2D eigenvalue weighted by Gasteiger charge is -2.12. The molecule has 2 aromatic rings. The highest BCUT2D eigenvalue weighted by atomic mass is 19.1. The van der Waals surface area contributed by atoms with Crippen LogP contribution >= 0.6 is 0 Å². The van der Waals surface area contributed by atoms with Crippen LogP contribution in [0.4, 0.5) is 15.8 Å². The Hall–Kier alpha value is -2.93. The third-order valence-corrected chi connectivity index (χ3v) is 4.03. The quantitative estimate of drug-likeness (QED) is 0.861. The van der Waals surface area contributed by atoms with Gasteiger partial charge < -0.3 is 20.1 Å². The maximum Gasteiger partial charge on any atom is 0.255 e. The number of amides is 2. The number of benzene rings is 2. The first kappa shape index (κ1) is 17.9. The Morgan fingerprint density at radius 3 is 2.77 bits per heavy atom. The van der Waals surface area contributed by atoms with Crippen molar-refractivity contribution in [3.63, 3.8) is 0 Å². The molecule has 1 aliphatic heterocycles. The van der Waals surface area contributed by atoms with Crippen LogP contribution in [0.5, 0.6) is 5.75 Å². The molecule has 1 aliphatic rings. The topological polar surface area (TPSA) is 76.7 Å². The van der Waals surface area contributed by atoms with Crippen LogP contribution in [0.1, 0.15) is 23.2 Å². The lowest BCUT2D eigenvalue weighted by molar-refractivity contribution is -0.124. The Balaban J connectivity index is 1.71. The number of methoxy groups -OCH3 is 1. The summed E-state index contributed by atoms with van der Waals surface area (Å²) in [6, 6.07) is 10.4. The molecule has 1 saturated heterocycles. The van der Waals surface area contributed by atoms with Crippen molar-refractivity contribution < 1.29 is 23.5 Å². The molecule has 2 aromatic carbocycles. The minimum atomic E-state index is -0.460. The van der Waals surface area contributed by atoms with Crippen LogP contribution in [0.15, 0.2) is 42.5 Å². The van der Waals surface area contributed by atoms with Crippen LogP contribution in [0, 0.1) is 5.82 Å². The smallest absolute Gasteiger partial charge is 0.255 e. The van der Waals surface area contributed by atoms with E-state index in [9.17, 15) is 14.0 Å². The molecular formula is C19H19FN2O4. The molecule has 3 rings (SSSR count). The zero-order valence-corrected chi connectivity index (χ0v) is 14.3. The van der Waals surface area contributed by atoms with Gasteiger partial charge in [0.2, 0.25) is 0 Å². The molecule has 1 heterocycles. The number of carbonyl (C=O) groups is 2. The number of hydrogen-bond acceptors (Lipinski definition) is 4. The van der Waals surface area contributed by atoms with Crippen molar-refractivity contribution in [2.45, 2.75) is 18.9 Å². The third-order valence-electron chi connectivity index (χ3n) is 4.03. The van der Waals surface area contributed by atoms with E-state index in [1.54, 1.807) is 24.3 Å². The molecule has 6 nitrogen and oxygen atoms in total. The SMILES string of the molecule is COc1cc(F)ccc1NC(=O)c1cccc(NC(=O)C2CCCO2)c1. The zero-order chi connectivity index (χ0) is 18.5. The highest BCUT2D eigenvalue weighted by Crippen LogP contribution is 2.26. The maximum atomic E-state index is 13.3. The van der Waals surface area contributed by atoms with Crippen LogP contribution in [0.3, 0.4) is 0 Å². The van der Waals surface area contributed by atoms with Crippen LogP contribution in [-0.4, -0.2) is 31.6 Å². The van der Waals surface area contributed by atoms with Crippen molar-refractivity contribution in [3.05, 3.63) is 53.8 Å². The second-order valence-electron chi connectivity index (χ2n) is 5.87. The summed E-state index contributed by atoms with van der Waals surface area (Å²) in [6.07, 6.45) is 1.10. The highest BCUT2D eigenvalue weighted by Gasteiger charge is 2.23. The van der Waals surface area contributed by atoms with Crippen LogP contribution in [0.25, 0.3) is 0 Å². The van der Waals surface area contributed by atoms with E-state index < -0.39 is 17.8 Å². The molecule has 1 atom stereocenters. The Morgan fingerprint density at radius 1 is 1.19 bits per heavy atom. The highest BCUT2D eigenvalue weighted by molar-refractivity contribution is 6.06. The summed E-state index contributed by atoms with van der Waals surface area (Å²) in [4.78, 5) is 24.6. The third kappa shape index (κ3) is 4.18. The molecule has 1 fully saturated rings. The first-order valence-electron chi connectivity index (χ1n) is 8.24. The van der Waals surface area contributed by atoms with E-state index in [2.05, 4.69) is 10.6 Å². The maximum absolute atomic E-state index is 13.3. The van der Waals surface area contributed by atoms with Crippen molar-refractivity contribution in [1.82, 2.24) is 0 Å². The number of ether oxygens (including phenoxy) is 2. The van der Waals surface area contributed by atoms with E-state index in [-0.39, 0.29) is 11.7 Å². The molecule has 0 aliphatic carbocycles. The molecule has 7 heteroatoms. The number of halogens is 1. The van der Waals surface area contributed by atoms with E-state index in [0.717, 1.165) is 6.42 Å². The van der Waals surface area contributed by atoms with E-state index in [1.807, 2.05) is 0 Å². The second-order valence-corrected chi connectivity index (χ2v) is 5.87. The molecule has 0 bridgehead atoms. The molecule has 1 unspecified atom stereocenters. The van der Waals surface area contributed by atoms with Gasteiger partial charge in [-0.05, 0) is 43.2 Å². The number of carbonyl (C=O) groups excluding carboxylic acids is 2. The monoisotopic (exact) mass is 358 g/mol. The van der Waals surface area contributed by atoms with Gasteiger partial charge in [0.25, 0.3) is 11.8 Å². The standard InChI is InChI=1S/C19H19FN2O4/c1-25-17-11-13(20)7-8-15(17)22-18(23)12-4-2-5-14(10-12)21-19(24)16-6-3-9-26-16/h2,4-5,7-8,10-11,16H,3,6,9H2,1H3,(H,21,24)(H,22,23). The van der Waals surface area contributed by atoms with Gasteiger partial charge >= 0.3 is 0 Å². The van der Waals surface area contributed by atoms with Crippen molar-refractivity contribution >= 4 is 23.2 Å². The second kappa shape index (κ2) is 7.97. The van der Waals surface area contributed by atoms with Gasteiger partial charge in [-0.15, -0.1) is 0 Å². The minimum Gasteiger partial charge on any atom is -0.494 e. The molecule has 136 valence electrons. The molecule has 0 radical (unpaired) electrons. The van der Waals surface area contributed by atoms with Gasteiger partial charge in [-0.3, -0.25) is 9.59 Å². The van der Waals surface area contributed by atoms with Crippen molar-refractivity contribution in [3.8, 4) is 5.75 Å².